The smallest absolute Gasteiger partial charge is 0.272 e. The SMILES string of the molecule is CC(N)CCN(C)C(=O)c1nccc2ccccc12. The molecule has 4 heteroatoms. The lowest BCUT2D eigenvalue weighted by molar-refractivity contribution is 0.0788. The minimum Gasteiger partial charge on any atom is -0.340 e. The van der Waals surface area contributed by atoms with Crippen LogP contribution in [0, 0.1) is 0 Å². The minimum atomic E-state index is -0.0579. The number of pyridine rings is 1. The van der Waals surface area contributed by atoms with Crippen molar-refractivity contribution in [1.29, 1.82) is 0 Å². The Hall–Kier alpha value is -1.94. The third-order valence-electron chi connectivity index (χ3n) is 3.14. The number of nitrogens with two attached hydrogens (primary N) is 1. The van der Waals surface area contributed by atoms with Gasteiger partial charge >= 0.3 is 0 Å². The summed E-state index contributed by atoms with van der Waals surface area (Å²) in [7, 11) is 1.79. The zero-order valence-electron chi connectivity index (χ0n) is 11.3. The zero-order valence-corrected chi connectivity index (χ0v) is 11.3. The van der Waals surface area contributed by atoms with Gasteiger partial charge in [0.05, 0.1) is 0 Å². The van der Waals surface area contributed by atoms with Crippen LogP contribution >= 0.6 is 0 Å². The van der Waals surface area contributed by atoms with Gasteiger partial charge in [0.1, 0.15) is 5.69 Å². The van der Waals surface area contributed by atoms with Gasteiger partial charge in [-0.2, -0.15) is 0 Å². The second kappa shape index (κ2) is 5.80. The normalized spacial score (nSPS) is 12.4. The standard InChI is InChI=1S/C15H19N3O/c1-11(16)8-10-18(2)15(19)14-13-6-4-3-5-12(13)7-9-17-14/h3-7,9,11H,8,10,16H2,1-2H3. The zero-order chi connectivity index (χ0) is 13.8. The van der Waals surface area contributed by atoms with Crippen molar-refractivity contribution in [2.45, 2.75) is 19.4 Å². The first kappa shape index (κ1) is 13.5. The Morgan fingerprint density at radius 1 is 1.37 bits per heavy atom. The number of rotatable bonds is 4. The van der Waals surface area contributed by atoms with Crippen LogP contribution in [-0.2, 0) is 0 Å². The molecule has 0 aliphatic rings. The molecule has 1 atom stereocenters. The lowest BCUT2D eigenvalue weighted by Gasteiger charge is -2.18. The fourth-order valence-corrected chi connectivity index (χ4v) is 1.97. The molecule has 4 nitrogen and oxygen atoms in total. The van der Waals surface area contributed by atoms with E-state index in [1.165, 1.54) is 0 Å². The van der Waals surface area contributed by atoms with Crippen molar-refractivity contribution in [3.05, 3.63) is 42.2 Å². The minimum absolute atomic E-state index is 0.0579. The fourth-order valence-electron chi connectivity index (χ4n) is 1.97. The number of fused-ring (bicyclic) bond motifs is 1. The number of nitrogens with zero attached hydrogens (tertiary/aromatic N) is 2. The van der Waals surface area contributed by atoms with E-state index < -0.39 is 0 Å². The first-order valence-electron chi connectivity index (χ1n) is 6.44. The molecule has 19 heavy (non-hydrogen) atoms. The molecule has 0 bridgehead atoms. The second-order valence-corrected chi connectivity index (χ2v) is 4.87. The summed E-state index contributed by atoms with van der Waals surface area (Å²) < 4.78 is 0. The molecule has 1 aromatic heterocycles. The lowest BCUT2D eigenvalue weighted by Crippen LogP contribution is -2.31. The maximum absolute atomic E-state index is 12.4. The monoisotopic (exact) mass is 257 g/mol. The summed E-state index contributed by atoms with van der Waals surface area (Å²) >= 11 is 0. The Morgan fingerprint density at radius 3 is 2.84 bits per heavy atom. The summed E-state index contributed by atoms with van der Waals surface area (Å²) in [4.78, 5) is 18.3. The largest absolute Gasteiger partial charge is 0.340 e. The van der Waals surface area contributed by atoms with Crippen LogP contribution in [0.3, 0.4) is 0 Å². The van der Waals surface area contributed by atoms with E-state index in [9.17, 15) is 4.79 Å². The molecule has 0 spiro atoms. The molecule has 0 aliphatic heterocycles. The molecular weight excluding hydrogens is 238 g/mol. The molecule has 1 amide bonds. The van der Waals surface area contributed by atoms with Crippen molar-refractivity contribution in [3.8, 4) is 0 Å². The van der Waals surface area contributed by atoms with Gasteiger partial charge in [0, 0.05) is 31.2 Å². The van der Waals surface area contributed by atoms with E-state index in [-0.39, 0.29) is 11.9 Å². The molecule has 100 valence electrons. The second-order valence-electron chi connectivity index (χ2n) is 4.87. The van der Waals surface area contributed by atoms with Gasteiger partial charge in [0.2, 0.25) is 0 Å². The quantitative estimate of drug-likeness (QED) is 0.912. The molecule has 1 unspecified atom stereocenters. The van der Waals surface area contributed by atoms with Crippen LogP contribution in [0.15, 0.2) is 36.5 Å². The van der Waals surface area contributed by atoms with Crippen molar-refractivity contribution >= 4 is 16.7 Å². The number of carbonyl (C=O) groups excluding carboxylic acids is 1. The van der Waals surface area contributed by atoms with E-state index in [2.05, 4.69) is 4.98 Å². The van der Waals surface area contributed by atoms with Gasteiger partial charge in [0.15, 0.2) is 0 Å². The summed E-state index contributed by atoms with van der Waals surface area (Å²) in [6.45, 7) is 2.58. The van der Waals surface area contributed by atoms with Crippen molar-refractivity contribution in [3.63, 3.8) is 0 Å². The van der Waals surface area contributed by atoms with Crippen molar-refractivity contribution < 1.29 is 4.79 Å². The van der Waals surface area contributed by atoms with Crippen LogP contribution < -0.4 is 5.73 Å². The van der Waals surface area contributed by atoms with Gasteiger partial charge in [-0.25, -0.2) is 0 Å². The van der Waals surface area contributed by atoms with Gasteiger partial charge in [-0.1, -0.05) is 24.3 Å². The van der Waals surface area contributed by atoms with Crippen LogP contribution in [0.5, 0.6) is 0 Å². The molecule has 1 aromatic carbocycles. The van der Waals surface area contributed by atoms with Crippen LogP contribution in [-0.4, -0.2) is 35.4 Å². The van der Waals surface area contributed by atoms with Gasteiger partial charge in [-0.05, 0) is 24.8 Å². The van der Waals surface area contributed by atoms with E-state index in [4.69, 9.17) is 5.73 Å². The van der Waals surface area contributed by atoms with E-state index in [1.807, 2.05) is 37.3 Å². The van der Waals surface area contributed by atoms with Crippen LogP contribution in [0.2, 0.25) is 0 Å². The summed E-state index contributed by atoms with van der Waals surface area (Å²) in [5.41, 5.74) is 6.22. The molecule has 0 saturated heterocycles. The molecule has 0 saturated carbocycles. The van der Waals surface area contributed by atoms with E-state index in [0.717, 1.165) is 17.2 Å². The molecule has 2 aromatic rings. The molecule has 0 fully saturated rings. The van der Waals surface area contributed by atoms with Gasteiger partial charge in [-0.3, -0.25) is 9.78 Å². The van der Waals surface area contributed by atoms with E-state index >= 15 is 0 Å². The number of aromatic nitrogens is 1. The molecule has 2 rings (SSSR count). The van der Waals surface area contributed by atoms with Gasteiger partial charge in [-0.15, -0.1) is 0 Å². The van der Waals surface area contributed by atoms with Crippen molar-refractivity contribution in [2.75, 3.05) is 13.6 Å². The first-order valence-corrected chi connectivity index (χ1v) is 6.44. The fraction of sp³-hybridized carbons (Fsp3) is 0.333. The number of carbonyl (C=O) groups is 1. The van der Waals surface area contributed by atoms with Crippen LogP contribution in [0.25, 0.3) is 10.8 Å². The Kier molecular flexibility index (Phi) is 4.12. The average Bonchev–Trinajstić information content (AvgIpc) is 2.43. The molecule has 1 heterocycles. The average molecular weight is 257 g/mol. The number of hydrogen-bond acceptors (Lipinski definition) is 3. The predicted molar refractivity (Wildman–Crippen MR) is 77.0 cm³/mol. The third-order valence-corrected chi connectivity index (χ3v) is 3.14. The Balaban J connectivity index is 2.26. The number of benzene rings is 1. The van der Waals surface area contributed by atoms with E-state index in [1.54, 1.807) is 18.1 Å². The van der Waals surface area contributed by atoms with E-state index in [0.29, 0.717) is 12.2 Å². The van der Waals surface area contributed by atoms with Gasteiger partial charge < -0.3 is 10.6 Å². The Morgan fingerprint density at radius 2 is 2.11 bits per heavy atom. The number of amides is 1. The maximum atomic E-state index is 12.4. The highest BCUT2D eigenvalue weighted by atomic mass is 16.2. The highest BCUT2D eigenvalue weighted by molar-refractivity contribution is 6.04. The van der Waals surface area contributed by atoms with Crippen molar-refractivity contribution in [1.82, 2.24) is 9.88 Å². The number of hydrogen-bond donors (Lipinski definition) is 1. The Labute approximate surface area is 113 Å². The van der Waals surface area contributed by atoms with Crippen molar-refractivity contribution in [2.24, 2.45) is 5.73 Å². The highest BCUT2D eigenvalue weighted by Crippen LogP contribution is 2.17. The topological polar surface area (TPSA) is 59.2 Å². The molecular formula is C15H19N3O. The predicted octanol–water partition coefficient (Wildman–Crippen LogP) is 2.04. The van der Waals surface area contributed by atoms with Crippen LogP contribution in [0.1, 0.15) is 23.8 Å². The molecule has 0 radical (unpaired) electrons. The molecule has 2 N–H and O–H groups in total. The third kappa shape index (κ3) is 3.09. The first-order chi connectivity index (χ1) is 9.09. The van der Waals surface area contributed by atoms with Crippen LogP contribution in [0.4, 0.5) is 0 Å². The lowest BCUT2D eigenvalue weighted by atomic mass is 10.1. The summed E-state index contributed by atoms with van der Waals surface area (Å²) in [6.07, 6.45) is 2.46. The summed E-state index contributed by atoms with van der Waals surface area (Å²) in [6, 6.07) is 9.79. The highest BCUT2D eigenvalue weighted by Gasteiger charge is 2.16. The summed E-state index contributed by atoms with van der Waals surface area (Å²) in [5, 5.41) is 1.92. The Bertz CT molecular complexity index is 575. The molecule has 0 aliphatic carbocycles. The van der Waals surface area contributed by atoms with Gasteiger partial charge in [0.25, 0.3) is 5.91 Å². The summed E-state index contributed by atoms with van der Waals surface area (Å²) in [5.74, 6) is -0.0579. The maximum Gasteiger partial charge on any atom is 0.272 e.